The zero-order valence-electron chi connectivity index (χ0n) is 21.5. The quantitative estimate of drug-likeness (QED) is 0.214. The largest absolute Gasteiger partial charge is 0.508 e. The maximum absolute atomic E-state index is 14.0. The molecule has 2 aliphatic heterocycles. The highest BCUT2D eigenvalue weighted by atomic mass is 127. The van der Waals surface area contributed by atoms with E-state index in [1.165, 1.54) is 11.0 Å². The van der Waals surface area contributed by atoms with Crippen molar-refractivity contribution in [3.8, 4) is 11.5 Å². The molecule has 0 spiro atoms. The highest BCUT2D eigenvalue weighted by Gasteiger charge is 2.57. The number of phenols is 1. The molecule has 0 saturated carbocycles. The van der Waals surface area contributed by atoms with Crippen molar-refractivity contribution in [3.63, 3.8) is 0 Å². The molecule has 7 nitrogen and oxygen atoms in total. The average molecular weight is 645 g/mol. The number of hydrogen-bond acceptors (Lipinski definition) is 6. The second kappa shape index (κ2) is 9.12. The van der Waals surface area contributed by atoms with Gasteiger partial charge in [0.1, 0.15) is 11.5 Å². The van der Waals surface area contributed by atoms with Crippen molar-refractivity contribution in [1.82, 2.24) is 0 Å². The number of allylic oxidation sites excluding steroid dienone is 7. The van der Waals surface area contributed by atoms with E-state index in [4.69, 9.17) is 4.74 Å². The van der Waals surface area contributed by atoms with Crippen molar-refractivity contribution < 1.29 is 29.0 Å². The SMILES string of the molecule is CC1=CC(=O)C2=C(C1=O)[C@@H](C1=COc3ccc(O)cc3C1)C1=CC[C@@H]3C(=O)N(c4ccc(I)cc4)C(=O)[C@@H]3[C@@H]1C2. The Morgan fingerprint density at radius 3 is 2.55 bits per heavy atom. The van der Waals surface area contributed by atoms with Gasteiger partial charge in [0.15, 0.2) is 11.6 Å². The fourth-order valence-electron chi connectivity index (χ4n) is 7.02. The van der Waals surface area contributed by atoms with Crippen LogP contribution in [0.3, 0.4) is 0 Å². The number of benzene rings is 2. The van der Waals surface area contributed by atoms with Crippen molar-refractivity contribution >= 4 is 51.7 Å². The van der Waals surface area contributed by atoms with E-state index >= 15 is 0 Å². The minimum atomic E-state index is -0.625. The van der Waals surface area contributed by atoms with E-state index in [0.29, 0.717) is 41.0 Å². The summed E-state index contributed by atoms with van der Waals surface area (Å²) in [5, 5.41) is 10.1. The van der Waals surface area contributed by atoms with Crippen molar-refractivity contribution in [1.29, 1.82) is 0 Å². The van der Waals surface area contributed by atoms with Crippen molar-refractivity contribution in [3.05, 3.63) is 97.9 Å². The summed E-state index contributed by atoms with van der Waals surface area (Å²) in [4.78, 5) is 55.8. The third-order valence-corrected chi connectivity index (χ3v) is 9.52. The number of carbonyl (C=O) groups excluding carboxylic acids is 4. The Balaban J connectivity index is 1.33. The fourth-order valence-corrected chi connectivity index (χ4v) is 7.38. The molecule has 0 aromatic heterocycles. The first-order chi connectivity index (χ1) is 19.2. The number of ketones is 2. The molecular formula is C32H24INO6. The van der Waals surface area contributed by atoms with Crippen LogP contribution in [-0.2, 0) is 25.6 Å². The van der Waals surface area contributed by atoms with Crippen LogP contribution in [0.2, 0.25) is 0 Å². The minimum absolute atomic E-state index is 0.109. The van der Waals surface area contributed by atoms with Crippen LogP contribution >= 0.6 is 22.6 Å². The lowest BCUT2D eigenvalue weighted by molar-refractivity contribution is -0.123. The Kier molecular flexibility index (Phi) is 5.75. The summed E-state index contributed by atoms with van der Waals surface area (Å²) in [7, 11) is 0. The number of phenolic OH excluding ortho intramolecular Hbond substituents is 1. The van der Waals surface area contributed by atoms with Crippen LogP contribution in [0.4, 0.5) is 5.69 Å². The number of halogens is 1. The van der Waals surface area contributed by atoms with E-state index in [0.717, 1.165) is 20.3 Å². The van der Waals surface area contributed by atoms with E-state index in [-0.39, 0.29) is 35.6 Å². The number of hydrogen-bond donors (Lipinski definition) is 1. The summed E-state index contributed by atoms with van der Waals surface area (Å²) in [5.41, 5.74) is 4.22. The third kappa shape index (κ3) is 3.68. The lowest BCUT2D eigenvalue weighted by Gasteiger charge is -2.43. The number of amides is 2. The monoisotopic (exact) mass is 645 g/mol. The number of fused-ring (bicyclic) bond motifs is 4. The van der Waals surface area contributed by atoms with Crippen LogP contribution in [0.1, 0.15) is 25.3 Å². The van der Waals surface area contributed by atoms with Gasteiger partial charge in [0.05, 0.1) is 23.8 Å². The number of Topliss-reactive ketones (excluding diaryl/α,β-unsaturated/α-hetero) is 1. The number of rotatable bonds is 2. The molecule has 2 heterocycles. The molecule has 5 aliphatic rings. The highest BCUT2D eigenvalue weighted by molar-refractivity contribution is 14.1. The van der Waals surface area contributed by atoms with Crippen LogP contribution in [0.15, 0.2) is 88.7 Å². The van der Waals surface area contributed by atoms with Gasteiger partial charge in [-0.3, -0.25) is 24.1 Å². The van der Waals surface area contributed by atoms with Crippen molar-refractivity contribution in [2.75, 3.05) is 4.90 Å². The summed E-state index contributed by atoms with van der Waals surface area (Å²) < 4.78 is 6.94. The van der Waals surface area contributed by atoms with Gasteiger partial charge in [-0.1, -0.05) is 11.6 Å². The topological polar surface area (TPSA) is 101 Å². The van der Waals surface area contributed by atoms with Crippen LogP contribution in [-0.4, -0.2) is 28.5 Å². The summed E-state index contributed by atoms with van der Waals surface area (Å²) in [6.45, 7) is 1.65. The molecule has 2 amide bonds. The Labute approximate surface area is 244 Å². The van der Waals surface area contributed by atoms with Gasteiger partial charge in [0.2, 0.25) is 11.8 Å². The number of carbonyl (C=O) groups is 4. The summed E-state index contributed by atoms with van der Waals surface area (Å²) in [5.74, 6) is -2.27. The molecule has 0 bridgehead atoms. The van der Waals surface area contributed by atoms with Crippen molar-refractivity contribution in [2.24, 2.45) is 23.7 Å². The lowest BCUT2D eigenvalue weighted by Crippen LogP contribution is -2.41. The summed E-state index contributed by atoms with van der Waals surface area (Å²) in [6.07, 6.45) is 6.05. The zero-order valence-corrected chi connectivity index (χ0v) is 23.7. The maximum Gasteiger partial charge on any atom is 0.238 e. The predicted octanol–water partition coefficient (Wildman–Crippen LogP) is 4.98. The Morgan fingerprint density at radius 1 is 1.00 bits per heavy atom. The molecule has 1 N–H and O–H groups in total. The second-order valence-electron chi connectivity index (χ2n) is 11.0. The molecular weight excluding hydrogens is 621 g/mol. The molecule has 3 aliphatic carbocycles. The van der Waals surface area contributed by atoms with E-state index < -0.39 is 23.7 Å². The molecule has 2 aromatic carbocycles. The fraction of sp³-hybridized carbons (Fsp3) is 0.250. The second-order valence-corrected chi connectivity index (χ2v) is 12.2. The first-order valence-electron chi connectivity index (χ1n) is 13.2. The zero-order chi connectivity index (χ0) is 27.9. The molecule has 2 aromatic rings. The standard InChI is InChI=1S/C32H24INO6/c1-15-10-25(36)24-13-23-21(7-8-22-28(23)32(39)34(31(22)38)19-4-2-18(33)3-5-19)27(29(24)30(15)37)17-11-16-12-20(35)6-9-26(16)40-14-17/h2-7,9-10,12,14,22-23,27-28,35H,8,11,13H2,1H3/t22-,23+,27-,28-/m0/s1. The van der Waals surface area contributed by atoms with Gasteiger partial charge in [-0.15, -0.1) is 0 Å². The smallest absolute Gasteiger partial charge is 0.238 e. The summed E-state index contributed by atoms with van der Waals surface area (Å²) in [6, 6.07) is 12.2. The van der Waals surface area contributed by atoms with Gasteiger partial charge in [-0.2, -0.15) is 0 Å². The molecule has 40 heavy (non-hydrogen) atoms. The Hall–Kier alpha value is -3.79. The van der Waals surface area contributed by atoms with Gasteiger partial charge in [0, 0.05) is 38.2 Å². The molecule has 1 saturated heterocycles. The van der Waals surface area contributed by atoms with E-state index in [1.807, 2.05) is 18.2 Å². The molecule has 8 heteroatoms. The third-order valence-electron chi connectivity index (χ3n) is 8.80. The van der Waals surface area contributed by atoms with Crippen LogP contribution in [0, 0.1) is 27.2 Å². The number of ether oxygens (including phenoxy) is 1. The first kappa shape index (κ1) is 25.2. The van der Waals surface area contributed by atoms with Gasteiger partial charge in [-0.25, -0.2) is 0 Å². The molecule has 1 fully saturated rings. The number of imide groups is 1. The van der Waals surface area contributed by atoms with Crippen LogP contribution in [0.25, 0.3) is 0 Å². The molecule has 0 radical (unpaired) electrons. The predicted molar refractivity (Wildman–Crippen MR) is 154 cm³/mol. The maximum atomic E-state index is 14.0. The number of nitrogens with zero attached hydrogens (tertiary/aromatic N) is 1. The molecule has 200 valence electrons. The van der Waals surface area contributed by atoms with Gasteiger partial charge in [-0.05, 0) is 102 Å². The Morgan fingerprint density at radius 2 is 1.77 bits per heavy atom. The summed E-state index contributed by atoms with van der Waals surface area (Å²) >= 11 is 2.18. The van der Waals surface area contributed by atoms with Gasteiger partial charge < -0.3 is 9.84 Å². The number of anilines is 1. The average Bonchev–Trinajstić information content (AvgIpc) is 3.20. The first-order valence-corrected chi connectivity index (χ1v) is 14.3. The van der Waals surface area contributed by atoms with Crippen molar-refractivity contribution in [2.45, 2.75) is 26.2 Å². The van der Waals surface area contributed by atoms with E-state index in [1.54, 1.807) is 43.5 Å². The van der Waals surface area contributed by atoms with E-state index in [9.17, 15) is 24.3 Å². The normalized spacial score (nSPS) is 27.2. The van der Waals surface area contributed by atoms with Crippen LogP contribution in [0.5, 0.6) is 11.5 Å². The highest BCUT2D eigenvalue weighted by Crippen LogP contribution is 2.55. The minimum Gasteiger partial charge on any atom is -0.508 e. The van der Waals surface area contributed by atoms with Crippen LogP contribution < -0.4 is 9.64 Å². The van der Waals surface area contributed by atoms with E-state index in [2.05, 4.69) is 22.6 Å². The Bertz CT molecular complexity index is 1680. The molecule has 0 unspecified atom stereocenters. The molecule has 7 rings (SSSR count). The van der Waals surface area contributed by atoms with Gasteiger partial charge in [0.25, 0.3) is 0 Å². The van der Waals surface area contributed by atoms with Gasteiger partial charge >= 0.3 is 0 Å². The molecule has 4 atom stereocenters. The number of aromatic hydroxyl groups is 1. The lowest BCUT2D eigenvalue weighted by atomic mass is 9.58.